The van der Waals surface area contributed by atoms with E-state index in [2.05, 4.69) is 44.6 Å². The van der Waals surface area contributed by atoms with Crippen molar-refractivity contribution in [1.82, 2.24) is 0 Å². The number of hydrogen-bond acceptors (Lipinski definition) is 0. The van der Waals surface area contributed by atoms with Gasteiger partial charge in [0.05, 0.1) is 0 Å². The molecule has 0 spiro atoms. The summed E-state index contributed by atoms with van der Waals surface area (Å²) in [6.07, 6.45) is 13.4. The van der Waals surface area contributed by atoms with E-state index in [1.165, 1.54) is 38.3 Å². The van der Waals surface area contributed by atoms with Gasteiger partial charge >= 0.3 is 0 Å². The second-order valence-corrected chi connectivity index (χ2v) is 13.1. The van der Waals surface area contributed by atoms with Crippen LogP contribution in [0.1, 0.15) is 39.0 Å². The van der Waals surface area contributed by atoms with E-state index in [1.54, 1.807) is 0 Å². The first kappa shape index (κ1) is 14.5. The summed E-state index contributed by atoms with van der Waals surface area (Å²) in [5.74, 6) is 0. The van der Waals surface area contributed by atoms with E-state index in [0.29, 0.717) is 0 Å². The summed E-state index contributed by atoms with van der Waals surface area (Å²) >= 11 is 0. The van der Waals surface area contributed by atoms with Crippen LogP contribution in [-0.4, -0.2) is 37.4 Å². The first-order valence-electron chi connectivity index (χ1n) is 6.57. The van der Waals surface area contributed by atoms with Gasteiger partial charge < -0.3 is 0 Å². The molecule has 0 aromatic carbocycles. The molecule has 94 valence electrons. The lowest BCUT2D eigenvalue weighted by Gasteiger charge is -2.30. The molecule has 0 bridgehead atoms. The summed E-state index contributed by atoms with van der Waals surface area (Å²) < 4.78 is 0. The average molecular weight is 258 g/mol. The molecule has 0 amide bonds. The van der Waals surface area contributed by atoms with E-state index < -0.39 is 6.89 Å². The third kappa shape index (κ3) is 5.70. The van der Waals surface area contributed by atoms with Gasteiger partial charge in [-0.25, -0.2) is 0 Å². The van der Waals surface area contributed by atoms with E-state index >= 15 is 0 Å². The smallest absolute Gasteiger partial charge is 0.0107 e. The molecule has 0 aliphatic heterocycles. The van der Waals surface area contributed by atoms with Gasteiger partial charge in [0.15, 0.2) is 0 Å². The zero-order chi connectivity index (χ0) is 12.0. The predicted molar refractivity (Wildman–Crippen MR) is 84.2 cm³/mol. The molecule has 1 rings (SSSR count). The quantitative estimate of drug-likeness (QED) is 0.489. The van der Waals surface area contributed by atoms with Crippen molar-refractivity contribution in [3.05, 3.63) is 12.2 Å². The van der Waals surface area contributed by atoms with Gasteiger partial charge in [0.2, 0.25) is 0 Å². The van der Waals surface area contributed by atoms with Crippen LogP contribution in [-0.2, 0) is 0 Å². The van der Waals surface area contributed by atoms with Crippen molar-refractivity contribution in [2.24, 2.45) is 0 Å². The van der Waals surface area contributed by atoms with Crippen LogP contribution in [0, 0.1) is 0 Å². The minimum absolute atomic E-state index is 0.165. The fourth-order valence-electron chi connectivity index (χ4n) is 2.38. The van der Waals surface area contributed by atoms with E-state index in [0.717, 1.165) is 5.66 Å². The molecule has 0 aromatic heterocycles. The van der Waals surface area contributed by atoms with Gasteiger partial charge in [-0.1, -0.05) is 44.9 Å². The topological polar surface area (TPSA) is 0 Å². The summed E-state index contributed by atoms with van der Waals surface area (Å²) in [7, 11) is 0.165. The number of hydrogen-bond donors (Lipinski definition) is 0. The molecule has 1 fully saturated rings. The van der Waals surface area contributed by atoms with Gasteiger partial charge in [0, 0.05) is 0 Å². The first-order chi connectivity index (χ1) is 7.53. The van der Waals surface area contributed by atoms with Crippen LogP contribution >= 0.6 is 14.8 Å². The molecule has 0 aromatic rings. The molecule has 0 saturated heterocycles. The van der Waals surface area contributed by atoms with Gasteiger partial charge in [-0.3, -0.25) is 0 Å². The lowest BCUT2D eigenvalue weighted by molar-refractivity contribution is 0.512. The summed E-state index contributed by atoms with van der Waals surface area (Å²) in [5.41, 5.74) is 3.82. The maximum Gasteiger partial charge on any atom is -0.0107 e. The molecule has 0 nitrogen and oxygen atoms in total. The molecule has 1 saturated carbocycles. The Morgan fingerprint density at radius 1 is 1.12 bits per heavy atom. The standard InChI is InChI=1S/C14H28P2/c1-5-6-12-15(13-16(2,3)4)14-10-8-7-9-11-14/h5-6,13-14H,7-12H2,1-4H3/b6-5-. The van der Waals surface area contributed by atoms with Crippen LogP contribution in [0.4, 0.5) is 0 Å². The molecular formula is C14H28P2. The van der Waals surface area contributed by atoms with Crippen molar-refractivity contribution in [2.75, 3.05) is 26.2 Å². The van der Waals surface area contributed by atoms with Crippen LogP contribution in [0.3, 0.4) is 0 Å². The third-order valence-electron chi connectivity index (χ3n) is 3.09. The van der Waals surface area contributed by atoms with Gasteiger partial charge in [0.1, 0.15) is 0 Å². The highest BCUT2D eigenvalue weighted by Crippen LogP contribution is 2.51. The fourth-order valence-corrected chi connectivity index (χ4v) is 8.85. The molecule has 1 aliphatic rings. The summed E-state index contributed by atoms with van der Waals surface area (Å²) in [6, 6.07) is 0. The lowest BCUT2D eigenvalue weighted by atomic mass is 10.0. The molecule has 0 N–H and O–H groups in total. The average Bonchev–Trinajstić information content (AvgIpc) is 2.24. The molecule has 1 atom stereocenters. The van der Waals surface area contributed by atoms with Crippen molar-refractivity contribution in [1.29, 1.82) is 0 Å². The van der Waals surface area contributed by atoms with Crippen LogP contribution in [0.15, 0.2) is 12.2 Å². The van der Waals surface area contributed by atoms with Gasteiger partial charge in [-0.15, -0.1) is 6.89 Å². The normalized spacial score (nSPS) is 21.2. The monoisotopic (exact) mass is 258 g/mol. The highest BCUT2D eigenvalue weighted by Gasteiger charge is 2.21. The largest absolute Gasteiger partial charge is 0.113 e. The molecule has 2 heteroatoms. The van der Waals surface area contributed by atoms with Crippen molar-refractivity contribution in [2.45, 2.75) is 44.7 Å². The highest BCUT2D eigenvalue weighted by atomic mass is 31.2. The van der Waals surface area contributed by atoms with Gasteiger partial charge in [-0.05, 0) is 51.6 Å². The van der Waals surface area contributed by atoms with Gasteiger partial charge in [0.25, 0.3) is 0 Å². The molecule has 0 heterocycles. The summed E-state index contributed by atoms with van der Waals surface area (Å²) in [5, 5.41) is 0. The lowest BCUT2D eigenvalue weighted by Crippen LogP contribution is -2.12. The van der Waals surface area contributed by atoms with E-state index in [1.807, 2.05) is 0 Å². The Morgan fingerprint density at radius 2 is 1.75 bits per heavy atom. The highest BCUT2D eigenvalue weighted by molar-refractivity contribution is 7.92. The Bertz CT molecular complexity index is 258. The van der Waals surface area contributed by atoms with Crippen molar-refractivity contribution in [3.8, 4) is 0 Å². The SMILES string of the molecule is C/C=C\CP(C=P(C)(C)C)C1CCCCC1. The van der Waals surface area contributed by atoms with Crippen LogP contribution in [0.2, 0.25) is 0 Å². The maximum absolute atomic E-state index is 2.78. The molecule has 0 radical (unpaired) electrons. The Labute approximate surface area is 104 Å². The van der Waals surface area contributed by atoms with Crippen molar-refractivity contribution < 1.29 is 0 Å². The minimum atomic E-state index is -0.709. The Hall–Kier alpha value is 0.470. The van der Waals surface area contributed by atoms with Crippen LogP contribution in [0.5, 0.6) is 0 Å². The number of allylic oxidation sites excluding steroid dienone is 2. The Morgan fingerprint density at radius 3 is 2.25 bits per heavy atom. The van der Waals surface area contributed by atoms with Crippen LogP contribution < -0.4 is 0 Å². The van der Waals surface area contributed by atoms with E-state index in [4.69, 9.17) is 0 Å². The number of rotatable bonds is 4. The molecule has 16 heavy (non-hydrogen) atoms. The first-order valence-corrected chi connectivity index (χ1v) is 11.4. The zero-order valence-electron chi connectivity index (χ0n) is 11.4. The summed E-state index contributed by atoms with van der Waals surface area (Å²) in [4.78, 5) is 0. The second-order valence-electron chi connectivity index (χ2n) is 5.79. The maximum atomic E-state index is 2.78. The fraction of sp³-hybridized carbons (Fsp3) is 0.786. The molecular weight excluding hydrogens is 230 g/mol. The minimum Gasteiger partial charge on any atom is -0.113 e. The molecule has 1 aliphatic carbocycles. The second kappa shape index (κ2) is 7.03. The Balaban J connectivity index is 2.69. The summed E-state index contributed by atoms with van der Waals surface area (Å²) in [6.45, 7) is 8.82. The zero-order valence-corrected chi connectivity index (χ0v) is 13.2. The predicted octanol–water partition coefficient (Wildman–Crippen LogP) is 5.04. The van der Waals surface area contributed by atoms with Crippen molar-refractivity contribution >= 4 is 20.3 Å². The van der Waals surface area contributed by atoms with E-state index in [9.17, 15) is 0 Å². The van der Waals surface area contributed by atoms with E-state index in [-0.39, 0.29) is 7.92 Å². The molecule has 1 unspecified atom stereocenters. The van der Waals surface area contributed by atoms with Crippen LogP contribution in [0.25, 0.3) is 0 Å². The third-order valence-corrected chi connectivity index (χ3v) is 9.14. The van der Waals surface area contributed by atoms with Crippen molar-refractivity contribution in [3.63, 3.8) is 0 Å². The van der Waals surface area contributed by atoms with Gasteiger partial charge in [-0.2, -0.15) is 0 Å². The Kier molecular flexibility index (Phi) is 6.38.